The highest BCUT2D eigenvalue weighted by molar-refractivity contribution is 7.71. The fourth-order valence-electron chi connectivity index (χ4n) is 3.52. The van der Waals surface area contributed by atoms with Crippen LogP contribution in [-0.4, -0.2) is 39.1 Å². The van der Waals surface area contributed by atoms with Crippen LogP contribution in [0.15, 0.2) is 48.8 Å². The molecule has 1 aliphatic carbocycles. The summed E-state index contributed by atoms with van der Waals surface area (Å²) in [6.45, 7) is 2.71. The summed E-state index contributed by atoms with van der Waals surface area (Å²) in [5.74, 6) is 0.620. The Balaban J connectivity index is 1.62. The first-order chi connectivity index (χ1) is 14.2. The molecule has 1 aromatic carbocycles. The minimum absolute atomic E-state index is 0.206. The van der Waals surface area contributed by atoms with Crippen LogP contribution in [0.4, 0.5) is 4.39 Å². The van der Waals surface area contributed by atoms with Gasteiger partial charge in [-0.1, -0.05) is 12.1 Å². The Kier molecular flexibility index (Phi) is 6.13. The number of nitrogens with one attached hydrogen (secondary N) is 1. The molecule has 4 rings (SSSR count). The predicted molar refractivity (Wildman–Crippen MR) is 110 cm³/mol. The lowest BCUT2D eigenvalue weighted by Gasteiger charge is -2.19. The zero-order valence-electron chi connectivity index (χ0n) is 16.4. The van der Waals surface area contributed by atoms with Crippen molar-refractivity contribution in [2.24, 2.45) is 0 Å². The Bertz CT molecular complexity index is 998. The van der Waals surface area contributed by atoms with E-state index in [4.69, 9.17) is 22.1 Å². The summed E-state index contributed by atoms with van der Waals surface area (Å²) in [7, 11) is 1.68. The van der Waals surface area contributed by atoms with Crippen LogP contribution in [0.2, 0.25) is 0 Å². The molecule has 0 bridgehead atoms. The van der Waals surface area contributed by atoms with Crippen LogP contribution in [0.1, 0.15) is 18.4 Å². The van der Waals surface area contributed by atoms with Gasteiger partial charge >= 0.3 is 0 Å². The molecular weight excluding hydrogens is 389 g/mol. The van der Waals surface area contributed by atoms with E-state index in [1.54, 1.807) is 19.5 Å². The molecule has 2 aromatic heterocycles. The van der Waals surface area contributed by atoms with E-state index in [-0.39, 0.29) is 5.82 Å². The van der Waals surface area contributed by atoms with E-state index in [9.17, 15) is 4.39 Å². The lowest BCUT2D eigenvalue weighted by atomic mass is 10.2. The quantitative estimate of drug-likeness (QED) is 0.547. The topological polar surface area (TPSA) is 49.3 Å². The average Bonchev–Trinajstić information content (AvgIpc) is 3.54. The van der Waals surface area contributed by atoms with Gasteiger partial charge in [-0.05, 0) is 36.5 Å². The minimum Gasteiger partial charge on any atom is -0.383 e. The van der Waals surface area contributed by atoms with E-state index in [0.29, 0.717) is 30.6 Å². The molecule has 8 heteroatoms. The van der Waals surface area contributed by atoms with E-state index in [1.807, 2.05) is 33.5 Å². The van der Waals surface area contributed by atoms with Gasteiger partial charge in [-0.3, -0.25) is 9.55 Å². The summed E-state index contributed by atoms with van der Waals surface area (Å²) in [6.07, 6.45) is 5.92. The maximum Gasteiger partial charge on any atom is 0.203 e. The van der Waals surface area contributed by atoms with Crippen LogP contribution in [0.3, 0.4) is 0 Å². The molecule has 1 aliphatic rings. The molecule has 1 unspecified atom stereocenters. The number of ether oxygens (including phenoxy) is 1. The van der Waals surface area contributed by atoms with E-state index >= 15 is 0 Å². The number of aromatic nitrogens is 4. The lowest BCUT2D eigenvalue weighted by Crippen LogP contribution is -3.11. The van der Waals surface area contributed by atoms with Gasteiger partial charge in [0.15, 0.2) is 12.5 Å². The largest absolute Gasteiger partial charge is 0.383 e. The third kappa shape index (κ3) is 4.77. The van der Waals surface area contributed by atoms with Gasteiger partial charge in [0.2, 0.25) is 4.77 Å². The number of halogens is 1. The monoisotopic (exact) mass is 414 g/mol. The Morgan fingerprint density at radius 1 is 1.17 bits per heavy atom. The number of rotatable bonds is 9. The van der Waals surface area contributed by atoms with Crippen molar-refractivity contribution in [3.8, 4) is 11.4 Å². The maximum absolute atomic E-state index is 13.3. The highest BCUT2D eigenvalue weighted by Crippen LogP contribution is 2.19. The summed E-state index contributed by atoms with van der Waals surface area (Å²) < 4.78 is 23.1. The van der Waals surface area contributed by atoms with Gasteiger partial charge < -0.3 is 9.64 Å². The van der Waals surface area contributed by atoms with Crippen LogP contribution < -0.4 is 4.90 Å². The molecule has 0 amide bonds. The van der Waals surface area contributed by atoms with Gasteiger partial charge in [0, 0.05) is 43.5 Å². The molecule has 29 heavy (non-hydrogen) atoms. The number of methoxy groups -OCH3 is 1. The van der Waals surface area contributed by atoms with E-state index in [1.165, 1.54) is 29.9 Å². The van der Waals surface area contributed by atoms with Crippen LogP contribution in [0, 0.1) is 10.6 Å². The lowest BCUT2D eigenvalue weighted by molar-refractivity contribution is -0.947. The summed E-state index contributed by atoms with van der Waals surface area (Å²) in [5, 5.41) is 4.85. The van der Waals surface area contributed by atoms with Crippen LogP contribution in [0.25, 0.3) is 11.4 Å². The fourth-order valence-corrected chi connectivity index (χ4v) is 3.80. The SMILES string of the molecule is COCCn1c(-c2ccncc2)nn(C[NH+](Cc2ccc(F)cc2)C2CC2)c1=S. The maximum atomic E-state index is 13.3. The van der Waals surface area contributed by atoms with Gasteiger partial charge in [0.1, 0.15) is 12.4 Å². The average molecular weight is 415 g/mol. The standard InChI is InChI=1S/C21H24FN5OS/c1-28-13-12-26-20(17-8-10-23-11-9-17)24-27(21(26)29)15-25(19-6-7-19)14-16-2-4-18(22)5-3-16/h2-5,8-11,19H,6-7,12-15H2,1H3/p+1. The molecule has 0 spiro atoms. The fraction of sp³-hybridized carbons (Fsp3) is 0.381. The minimum atomic E-state index is -0.206. The molecule has 3 aromatic rings. The third-order valence-corrected chi connectivity index (χ3v) is 5.66. The van der Waals surface area contributed by atoms with Crippen molar-refractivity contribution in [1.29, 1.82) is 0 Å². The van der Waals surface area contributed by atoms with Crippen molar-refractivity contribution in [1.82, 2.24) is 19.3 Å². The Morgan fingerprint density at radius 2 is 1.90 bits per heavy atom. The molecule has 2 heterocycles. The van der Waals surface area contributed by atoms with Gasteiger partial charge in [0.25, 0.3) is 0 Å². The zero-order valence-corrected chi connectivity index (χ0v) is 17.2. The van der Waals surface area contributed by atoms with Crippen molar-refractivity contribution in [2.75, 3.05) is 13.7 Å². The van der Waals surface area contributed by atoms with E-state index in [0.717, 1.165) is 23.5 Å². The highest BCUT2D eigenvalue weighted by atomic mass is 32.1. The van der Waals surface area contributed by atoms with Crippen molar-refractivity contribution >= 4 is 12.2 Å². The zero-order chi connectivity index (χ0) is 20.2. The Labute approximate surface area is 174 Å². The Hall–Kier alpha value is -2.42. The molecule has 1 saturated carbocycles. The summed E-state index contributed by atoms with van der Waals surface area (Å²) in [5.41, 5.74) is 2.10. The van der Waals surface area contributed by atoms with Crippen molar-refractivity contribution < 1.29 is 14.0 Å². The first kappa shape index (κ1) is 19.9. The molecule has 6 nitrogen and oxygen atoms in total. The number of hydrogen-bond acceptors (Lipinski definition) is 4. The van der Waals surface area contributed by atoms with Crippen LogP contribution in [-0.2, 0) is 24.5 Å². The second kappa shape index (κ2) is 8.94. The molecule has 0 aliphatic heterocycles. The number of quaternary nitrogens is 1. The van der Waals surface area contributed by atoms with Crippen molar-refractivity contribution in [3.05, 3.63) is 64.9 Å². The third-order valence-electron chi connectivity index (χ3n) is 5.23. The number of pyridine rings is 1. The Morgan fingerprint density at radius 3 is 2.55 bits per heavy atom. The number of nitrogens with zero attached hydrogens (tertiary/aromatic N) is 4. The first-order valence-corrected chi connectivity index (χ1v) is 10.2. The van der Waals surface area contributed by atoms with Crippen LogP contribution in [0.5, 0.6) is 0 Å². The second-order valence-electron chi connectivity index (χ2n) is 7.38. The normalized spacial score (nSPS) is 14.8. The summed E-state index contributed by atoms with van der Waals surface area (Å²) in [4.78, 5) is 5.49. The smallest absolute Gasteiger partial charge is 0.203 e. The van der Waals surface area contributed by atoms with Gasteiger partial charge in [0.05, 0.1) is 19.2 Å². The predicted octanol–water partition coefficient (Wildman–Crippen LogP) is 2.47. The number of hydrogen-bond donors (Lipinski definition) is 1. The molecule has 1 fully saturated rings. The molecule has 0 saturated heterocycles. The second-order valence-corrected chi connectivity index (χ2v) is 7.75. The summed E-state index contributed by atoms with van der Waals surface area (Å²) >= 11 is 5.76. The van der Waals surface area contributed by atoms with Crippen molar-refractivity contribution in [3.63, 3.8) is 0 Å². The van der Waals surface area contributed by atoms with Crippen molar-refractivity contribution in [2.45, 2.75) is 38.6 Å². The molecule has 152 valence electrons. The van der Waals surface area contributed by atoms with Gasteiger partial charge in [-0.15, -0.1) is 5.10 Å². The molecule has 0 radical (unpaired) electrons. The van der Waals surface area contributed by atoms with Crippen LogP contribution >= 0.6 is 12.2 Å². The highest BCUT2D eigenvalue weighted by Gasteiger charge is 2.34. The van der Waals surface area contributed by atoms with E-state index in [2.05, 4.69) is 4.98 Å². The molecular formula is C21H25FN5OS+. The first-order valence-electron chi connectivity index (χ1n) is 9.81. The summed E-state index contributed by atoms with van der Waals surface area (Å²) in [6, 6.07) is 11.2. The van der Waals surface area contributed by atoms with E-state index < -0.39 is 0 Å². The molecule has 1 N–H and O–H groups in total. The molecule has 1 atom stereocenters. The van der Waals surface area contributed by atoms with Gasteiger partial charge in [-0.2, -0.15) is 4.68 Å². The number of benzene rings is 1. The van der Waals surface area contributed by atoms with Gasteiger partial charge in [-0.25, -0.2) is 4.39 Å².